The summed E-state index contributed by atoms with van der Waals surface area (Å²) in [5.74, 6) is 1.29. The number of aliphatic carboxylic acids is 1. The average molecular weight is 451 g/mol. The minimum atomic E-state index is -0.743. The Kier molecular flexibility index (Phi) is 11.9. The van der Waals surface area contributed by atoms with Gasteiger partial charge in [0.2, 0.25) is 0 Å². The molecule has 0 saturated carbocycles. The van der Waals surface area contributed by atoms with Crippen LogP contribution in [0.15, 0.2) is 23.7 Å². The Hall–Kier alpha value is -1.45. The highest BCUT2D eigenvalue weighted by atomic mass is 16.5. The quantitative estimate of drug-likeness (QED) is 0.387. The summed E-state index contributed by atoms with van der Waals surface area (Å²) in [6, 6.07) is 0. The molecule has 0 amide bonds. The third-order valence-corrected chi connectivity index (χ3v) is 6.10. The van der Waals surface area contributed by atoms with E-state index in [-0.39, 0.29) is 0 Å². The van der Waals surface area contributed by atoms with Gasteiger partial charge >= 0.3 is 5.97 Å². The fraction of sp³-hybridized carbons (Fsp3) is 0.821. The maximum atomic E-state index is 11.5. The normalized spacial score (nSPS) is 25.7. The number of hydrogen-bond acceptors (Lipinski definition) is 3. The Morgan fingerprint density at radius 1 is 0.969 bits per heavy atom. The SMILES string of the molecule is CC(C)CC1=COC(C)(CC(C)C)C(C(=O)O)C1.CC(C)CC1=COC(CC(C)C)CC1. The summed E-state index contributed by atoms with van der Waals surface area (Å²) < 4.78 is 11.6. The van der Waals surface area contributed by atoms with Crippen molar-refractivity contribution in [2.24, 2.45) is 29.6 Å². The highest BCUT2D eigenvalue weighted by Crippen LogP contribution is 2.39. The Morgan fingerprint density at radius 2 is 1.56 bits per heavy atom. The standard InChI is InChI=1S/C15H26O3.C13H24O/c1-10(2)6-12-7-13(14(16)17)15(5,18-9-12)8-11(3)4;1-10(2)7-12-5-6-13(14-9-12)8-11(3)4/h9-11,13H,6-8H2,1-5H3,(H,16,17);9-11,13H,5-8H2,1-4H3. The molecule has 32 heavy (non-hydrogen) atoms. The van der Waals surface area contributed by atoms with Crippen molar-refractivity contribution in [1.29, 1.82) is 0 Å². The molecule has 0 fully saturated rings. The number of carboxylic acid groups (broad SMARTS) is 1. The highest BCUT2D eigenvalue weighted by Gasteiger charge is 2.43. The first-order valence-corrected chi connectivity index (χ1v) is 12.7. The van der Waals surface area contributed by atoms with Crippen LogP contribution >= 0.6 is 0 Å². The summed E-state index contributed by atoms with van der Waals surface area (Å²) >= 11 is 0. The zero-order chi connectivity index (χ0) is 24.5. The van der Waals surface area contributed by atoms with Crippen LogP contribution in [0.5, 0.6) is 0 Å². The molecule has 0 aromatic carbocycles. The fourth-order valence-electron chi connectivity index (χ4n) is 4.87. The largest absolute Gasteiger partial charge is 0.498 e. The van der Waals surface area contributed by atoms with Gasteiger partial charge in [0.1, 0.15) is 5.60 Å². The monoisotopic (exact) mass is 450 g/mol. The molecule has 2 aliphatic heterocycles. The van der Waals surface area contributed by atoms with Crippen molar-refractivity contribution in [3.63, 3.8) is 0 Å². The number of rotatable bonds is 9. The van der Waals surface area contributed by atoms with Gasteiger partial charge in [-0.2, -0.15) is 0 Å². The molecule has 0 aromatic rings. The molecule has 3 unspecified atom stereocenters. The average Bonchev–Trinajstić information content (AvgIpc) is 2.63. The van der Waals surface area contributed by atoms with E-state index in [0.717, 1.165) is 30.3 Å². The molecule has 186 valence electrons. The van der Waals surface area contributed by atoms with Crippen LogP contribution < -0.4 is 0 Å². The van der Waals surface area contributed by atoms with E-state index in [0.29, 0.717) is 24.4 Å². The number of ether oxygens (including phenoxy) is 2. The van der Waals surface area contributed by atoms with Crippen molar-refractivity contribution in [3.8, 4) is 0 Å². The minimum Gasteiger partial charge on any atom is -0.498 e. The van der Waals surface area contributed by atoms with Crippen LogP contribution in [0.4, 0.5) is 0 Å². The van der Waals surface area contributed by atoms with Gasteiger partial charge in [-0.15, -0.1) is 0 Å². The molecule has 0 spiro atoms. The Bertz CT molecular complexity index is 629. The van der Waals surface area contributed by atoms with Crippen LogP contribution in [0.1, 0.15) is 107 Å². The van der Waals surface area contributed by atoms with Crippen molar-refractivity contribution in [2.45, 2.75) is 119 Å². The lowest BCUT2D eigenvalue weighted by atomic mass is 9.76. The summed E-state index contributed by atoms with van der Waals surface area (Å²) in [5, 5.41) is 9.43. The van der Waals surface area contributed by atoms with E-state index in [1.54, 1.807) is 0 Å². The maximum absolute atomic E-state index is 11.5. The smallest absolute Gasteiger partial charge is 0.310 e. The summed E-state index contributed by atoms with van der Waals surface area (Å²) in [6.07, 6.45) is 11.5. The van der Waals surface area contributed by atoms with Crippen LogP contribution in [-0.2, 0) is 14.3 Å². The molecular formula is C28H50O4. The van der Waals surface area contributed by atoms with Crippen LogP contribution in [0.2, 0.25) is 0 Å². The molecule has 4 heteroatoms. The molecule has 3 atom stereocenters. The lowest BCUT2D eigenvalue weighted by Gasteiger charge is -2.40. The highest BCUT2D eigenvalue weighted by molar-refractivity contribution is 5.72. The maximum Gasteiger partial charge on any atom is 0.310 e. The van der Waals surface area contributed by atoms with Crippen LogP contribution in [0, 0.1) is 29.6 Å². The van der Waals surface area contributed by atoms with E-state index >= 15 is 0 Å². The number of carboxylic acids is 1. The van der Waals surface area contributed by atoms with Gasteiger partial charge in [-0.25, -0.2) is 0 Å². The molecule has 1 N–H and O–H groups in total. The Morgan fingerprint density at radius 3 is 2.00 bits per heavy atom. The molecule has 2 heterocycles. The van der Waals surface area contributed by atoms with E-state index in [1.165, 1.54) is 31.3 Å². The minimum absolute atomic E-state index is 0.428. The molecule has 0 saturated heterocycles. The van der Waals surface area contributed by atoms with E-state index in [1.807, 2.05) is 19.4 Å². The number of hydrogen-bond donors (Lipinski definition) is 1. The van der Waals surface area contributed by atoms with Gasteiger partial charge in [-0.3, -0.25) is 4.79 Å². The Balaban J connectivity index is 0.000000330. The van der Waals surface area contributed by atoms with Gasteiger partial charge in [0, 0.05) is 0 Å². The van der Waals surface area contributed by atoms with Gasteiger partial charge in [-0.1, -0.05) is 55.4 Å². The van der Waals surface area contributed by atoms with Gasteiger partial charge < -0.3 is 14.6 Å². The molecule has 2 rings (SSSR count). The molecule has 0 aromatic heterocycles. The first-order valence-electron chi connectivity index (χ1n) is 12.7. The van der Waals surface area contributed by atoms with E-state index in [9.17, 15) is 9.90 Å². The first kappa shape index (κ1) is 28.6. The van der Waals surface area contributed by atoms with Crippen molar-refractivity contribution in [1.82, 2.24) is 0 Å². The van der Waals surface area contributed by atoms with Crippen molar-refractivity contribution >= 4 is 5.97 Å². The molecule has 0 bridgehead atoms. The van der Waals surface area contributed by atoms with E-state index in [4.69, 9.17) is 9.47 Å². The van der Waals surface area contributed by atoms with Crippen LogP contribution in [0.25, 0.3) is 0 Å². The first-order chi connectivity index (χ1) is 14.8. The number of carbonyl (C=O) groups is 1. The molecule has 0 aliphatic carbocycles. The van der Waals surface area contributed by atoms with Gasteiger partial charge in [0.05, 0.1) is 24.5 Å². The summed E-state index contributed by atoms with van der Waals surface area (Å²) in [4.78, 5) is 11.5. The summed E-state index contributed by atoms with van der Waals surface area (Å²) in [7, 11) is 0. The zero-order valence-electron chi connectivity index (χ0n) is 22.2. The summed E-state index contributed by atoms with van der Waals surface area (Å²) in [6.45, 7) is 19.4. The predicted molar refractivity (Wildman–Crippen MR) is 133 cm³/mol. The third kappa shape index (κ3) is 10.4. The zero-order valence-corrected chi connectivity index (χ0v) is 22.2. The third-order valence-electron chi connectivity index (χ3n) is 6.10. The van der Waals surface area contributed by atoms with Gasteiger partial charge in [-0.05, 0) is 86.7 Å². The second-order valence-corrected chi connectivity index (χ2v) is 11.8. The molecule has 4 nitrogen and oxygen atoms in total. The summed E-state index contributed by atoms with van der Waals surface area (Å²) in [5.41, 5.74) is 2.05. The van der Waals surface area contributed by atoms with E-state index < -0.39 is 17.5 Å². The predicted octanol–water partition coefficient (Wildman–Crippen LogP) is 7.98. The van der Waals surface area contributed by atoms with Crippen molar-refractivity contribution < 1.29 is 19.4 Å². The van der Waals surface area contributed by atoms with Crippen molar-refractivity contribution in [3.05, 3.63) is 23.7 Å². The fourth-order valence-corrected chi connectivity index (χ4v) is 4.87. The number of allylic oxidation sites excluding steroid dienone is 2. The molecule has 2 aliphatic rings. The lowest BCUT2D eigenvalue weighted by molar-refractivity contribution is -0.154. The lowest BCUT2D eigenvalue weighted by Crippen LogP contribution is -2.44. The topological polar surface area (TPSA) is 55.8 Å². The second kappa shape index (κ2) is 13.3. The van der Waals surface area contributed by atoms with Gasteiger partial charge in [0.15, 0.2) is 0 Å². The second-order valence-electron chi connectivity index (χ2n) is 11.8. The Labute approximate surface area is 197 Å². The van der Waals surface area contributed by atoms with Crippen LogP contribution in [-0.4, -0.2) is 22.8 Å². The van der Waals surface area contributed by atoms with E-state index in [2.05, 4.69) is 55.4 Å². The van der Waals surface area contributed by atoms with Gasteiger partial charge in [0.25, 0.3) is 0 Å². The molecule has 0 radical (unpaired) electrons. The van der Waals surface area contributed by atoms with Crippen molar-refractivity contribution in [2.75, 3.05) is 0 Å². The molecular weight excluding hydrogens is 400 g/mol. The van der Waals surface area contributed by atoms with Crippen LogP contribution in [0.3, 0.4) is 0 Å².